The van der Waals surface area contributed by atoms with Crippen molar-refractivity contribution in [2.24, 2.45) is 0 Å². The van der Waals surface area contributed by atoms with Crippen molar-refractivity contribution in [2.45, 2.75) is 18.7 Å². The lowest BCUT2D eigenvalue weighted by Crippen LogP contribution is -2.30. The number of imidazole rings is 1. The highest BCUT2D eigenvalue weighted by molar-refractivity contribution is 7.97. The highest BCUT2D eigenvalue weighted by atomic mass is 32.2. The molecule has 0 saturated heterocycles. The zero-order valence-electron chi connectivity index (χ0n) is 13.6. The Bertz CT molecular complexity index is 816. The normalized spacial score (nSPS) is 10.9. The van der Waals surface area contributed by atoms with Crippen LogP contribution in [0.25, 0.3) is 11.0 Å². The fourth-order valence-corrected chi connectivity index (χ4v) is 3.10. The molecule has 124 valence electrons. The minimum Gasteiger partial charge on any atom is -0.354 e. The summed E-state index contributed by atoms with van der Waals surface area (Å²) in [7, 11) is 0. The number of nitrogens with zero attached hydrogens (tertiary/aromatic N) is 3. The van der Waals surface area contributed by atoms with E-state index in [1.54, 1.807) is 18.0 Å². The lowest BCUT2D eigenvalue weighted by atomic mass is 10.3. The fourth-order valence-electron chi connectivity index (χ4n) is 2.62. The van der Waals surface area contributed by atoms with Crippen molar-refractivity contribution in [1.82, 2.24) is 19.9 Å². The first-order valence-corrected chi connectivity index (χ1v) is 9.27. The number of amides is 1. The third-order valence-electron chi connectivity index (χ3n) is 3.74. The molecule has 6 heteroatoms. The number of carbonyl (C=O) groups excluding carboxylic acids is 1. The van der Waals surface area contributed by atoms with Gasteiger partial charge in [-0.05, 0) is 30.5 Å². The monoisotopic (exact) mass is 340 g/mol. The Labute approximate surface area is 145 Å². The van der Waals surface area contributed by atoms with Gasteiger partial charge in [-0.2, -0.15) is 11.8 Å². The van der Waals surface area contributed by atoms with Gasteiger partial charge in [-0.15, -0.1) is 0 Å². The Kier molecular flexibility index (Phi) is 5.48. The molecule has 0 bridgehead atoms. The molecule has 0 saturated carbocycles. The van der Waals surface area contributed by atoms with Crippen molar-refractivity contribution >= 4 is 28.7 Å². The number of nitrogens with one attached hydrogen (secondary N) is 1. The van der Waals surface area contributed by atoms with E-state index >= 15 is 0 Å². The Morgan fingerprint density at radius 2 is 2.04 bits per heavy atom. The zero-order chi connectivity index (χ0) is 16.8. The standard InChI is InChI=1S/C18H20N4OS/c1-24-13-17-21-15-7-2-3-8-16(15)22(17)12-18(23)20-11-9-14-6-4-5-10-19-14/h2-8,10H,9,11-13H2,1H3,(H,20,23). The summed E-state index contributed by atoms with van der Waals surface area (Å²) in [6, 6.07) is 13.7. The first-order chi connectivity index (χ1) is 11.8. The topological polar surface area (TPSA) is 59.8 Å². The van der Waals surface area contributed by atoms with Crippen LogP contribution in [0.15, 0.2) is 48.7 Å². The van der Waals surface area contributed by atoms with Crippen molar-refractivity contribution in [3.63, 3.8) is 0 Å². The molecule has 0 aliphatic carbocycles. The molecule has 3 aromatic rings. The average molecular weight is 340 g/mol. The summed E-state index contributed by atoms with van der Waals surface area (Å²) >= 11 is 1.70. The summed E-state index contributed by atoms with van der Waals surface area (Å²) in [4.78, 5) is 21.2. The van der Waals surface area contributed by atoms with Crippen LogP contribution in [0.1, 0.15) is 11.5 Å². The molecule has 3 rings (SSSR count). The second-order valence-corrected chi connectivity index (χ2v) is 6.32. The Morgan fingerprint density at radius 3 is 2.83 bits per heavy atom. The van der Waals surface area contributed by atoms with E-state index < -0.39 is 0 Å². The van der Waals surface area contributed by atoms with Gasteiger partial charge >= 0.3 is 0 Å². The Morgan fingerprint density at radius 1 is 1.21 bits per heavy atom. The number of hydrogen-bond acceptors (Lipinski definition) is 4. The second kappa shape index (κ2) is 7.97. The number of para-hydroxylation sites is 2. The van der Waals surface area contributed by atoms with Crippen LogP contribution in [-0.2, 0) is 23.5 Å². The van der Waals surface area contributed by atoms with Gasteiger partial charge in [0, 0.05) is 24.9 Å². The largest absolute Gasteiger partial charge is 0.354 e. The van der Waals surface area contributed by atoms with E-state index in [2.05, 4.69) is 15.3 Å². The maximum absolute atomic E-state index is 12.3. The predicted molar refractivity (Wildman–Crippen MR) is 97.9 cm³/mol. The number of pyridine rings is 1. The summed E-state index contributed by atoms with van der Waals surface area (Å²) in [6.07, 6.45) is 4.54. The lowest BCUT2D eigenvalue weighted by molar-refractivity contribution is -0.121. The maximum atomic E-state index is 12.3. The molecule has 1 aromatic carbocycles. The lowest BCUT2D eigenvalue weighted by Gasteiger charge is -2.09. The number of hydrogen-bond donors (Lipinski definition) is 1. The molecule has 0 aliphatic heterocycles. The van der Waals surface area contributed by atoms with E-state index in [1.807, 2.05) is 53.3 Å². The Balaban J connectivity index is 1.65. The minimum absolute atomic E-state index is 0.00330. The third kappa shape index (κ3) is 3.94. The summed E-state index contributed by atoms with van der Waals surface area (Å²) in [5.74, 6) is 1.72. The van der Waals surface area contributed by atoms with E-state index in [9.17, 15) is 4.79 Å². The van der Waals surface area contributed by atoms with Gasteiger partial charge in [0.05, 0.1) is 16.8 Å². The molecule has 24 heavy (non-hydrogen) atoms. The number of fused-ring (bicyclic) bond motifs is 1. The van der Waals surface area contributed by atoms with Crippen molar-refractivity contribution in [2.75, 3.05) is 12.8 Å². The molecular weight excluding hydrogens is 320 g/mol. The minimum atomic E-state index is -0.00330. The van der Waals surface area contributed by atoms with Crippen molar-refractivity contribution in [1.29, 1.82) is 0 Å². The van der Waals surface area contributed by atoms with Gasteiger partial charge in [-0.1, -0.05) is 18.2 Å². The number of carbonyl (C=O) groups is 1. The van der Waals surface area contributed by atoms with Gasteiger partial charge in [0.2, 0.25) is 5.91 Å². The summed E-state index contributed by atoms with van der Waals surface area (Å²) in [5.41, 5.74) is 2.92. The molecule has 2 aromatic heterocycles. The van der Waals surface area contributed by atoms with E-state index in [0.717, 1.165) is 34.7 Å². The van der Waals surface area contributed by atoms with Crippen LogP contribution in [0.2, 0.25) is 0 Å². The predicted octanol–water partition coefficient (Wildman–Crippen LogP) is 2.65. The average Bonchev–Trinajstić information content (AvgIpc) is 2.94. The van der Waals surface area contributed by atoms with Gasteiger partial charge in [0.1, 0.15) is 12.4 Å². The van der Waals surface area contributed by atoms with Crippen LogP contribution in [0.3, 0.4) is 0 Å². The molecular formula is C18H20N4OS. The molecule has 0 fully saturated rings. The van der Waals surface area contributed by atoms with E-state index in [0.29, 0.717) is 13.1 Å². The molecule has 0 aliphatic rings. The highest BCUT2D eigenvalue weighted by Gasteiger charge is 2.12. The summed E-state index contributed by atoms with van der Waals surface area (Å²) in [6.45, 7) is 0.874. The number of thioether (sulfide) groups is 1. The van der Waals surface area contributed by atoms with Crippen LogP contribution in [0, 0.1) is 0 Å². The molecule has 1 N–H and O–H groups in total. The summed E-state index contributed by atoms with van der Waals surface area (Å²) < 4.78 is 2.00. The smallest absolute Gasteiger partial charge is 0.240 e. The van der Waals surface area contributed by atoms with E-state index in [1.165, 1.54) is 0 Å². The molecule has 0 radical (unpaired) electrons. The number of benzene rings is 1. The molecule has 5 nitrogen and oxygen atoms in total. The second-order valence-electron chi connectivity index (χ2n) is 5.46. The SMILES string of the molecule is CSCc1nc2ccccc2n1CC(=O)NCCc1ccccn1. The van der Waals surface area contributed by atoms with Crippen LogP contribution in [-0.4, -0.2) is 33.2 Å². The number of aromatic nitrogens is 3. The molecule has 1 amide bonds. The molecule has 0 atom stereocenters. The molecule has 2 heterocycles. The number of rotatable bonds is 7. The van der Waals surface area contributed by atoms with Crippen molar-refractivity contribution in [3.05, 3.63) is 60.2 Å². The van der Waals surface area contributed by atoms with E-state index in [4.69, 9.17) is 0 Å². The third-order valence-corrected chi connectivity index (χ3v) is 4.29. The highest BCUT2D eigenvalue weighted by Crippen LogP contribution is 2.18. The first kappa shape index (κ1) is 16.5. The quantitative estimate of drug-likeness (QED) is 0.718. The van der Waals surface area contributed by atoms with Crippen LogP contribution >= 0.6 is 11.8 Å². The van der Waals surface area contributed by atoms with E-state index in [-0.39, 0.29) is 5.91 Å². The first-order valence-electron chi connectivity index (χ1n) is 7.87. The van der Waals surface area contributed by atoms with Gasteiger partial charge in [0.15, 0.2) is 0 Å². The fraction of sp³-hybridized carbons (Fsp3) is 0.278. The molecule has 0 unspecified atom stereocenters. The van der Waals surface area contributed by atoms with Crippen LogP contribution < -0.4 is 5.32 Å². The summed E-state index contributed by atoms with van der Waals surface area (Å²) in [5, 5.41) is 2.97. The zero-order valence-corrected chi connectivity index (χ0v) is 14.4. The van der Waals surface area contributed by atoms with Crippen molar-refractivity contribution in [3.8, 4) is 0 Å². The van der Waals surface area contributed by atoms with Crippen LogP contribution in [0.5, 0.6) is 0 Å². The van der Waals surface area contributed by atoms with Crippen molar-refractivity contribution < 1.29 is 4.79 Å². The van der Waals surface area contributed by atoms with Gasteiger partial charge in [0.25, 0.3) is 0 Å². The Hall–Kier alpha value is -2.34. The maximum Gasteiger partial charge on any atom is 0.240 e. The van der Waals surface area contributed by atoms with Gasteiger partial charge in [-0.3, -0.25) is 9.78 Å². The van der Waals surface area contributed by atoms with Gasteiger partial charge in [-0.25, -0.2) is 4.98 Å². The molecule has 0 spiro atoms. The van der Waals surface area contributed by atoms with Crippen LogP contribution in [0.4, 0.5) is 0 Å². The van der Waals surface area contributed by atoms with Gasteiger partial charge < -0.3 is 9.88 Å².